The van der Waals surface area contributed by atoms with Gasteiger partial charge in [-0.15, -0.1) is 0 Å². The van der Waals surface area contributed by atoms with Gasteiger partial charge in [0.15, 0.2) is 0 Å². The van der Waals surface area contributed by atoms with Gasteiger partial charge in [0.2, 0.25) is 0 Å². The number of rotatable bonds is 5. The standard InChI is InChI=1S/C13H17BrO4.C9H10O4/c1-13(2,3)18-12(15)9-6-8(16-4)7-10(14)11(9)17-5;1-12-6-3-4-8(10)7(5-6)9(11)13-2/h6-7H,1-5H3;3-5,10H,1-2H3. The minimum absolute atomic E-state index is 0.0989. The lowest BCUT2D eigenvalue weighted by molar-refractivity contribution is 0.00657. The van der Waals surface area contributed by atoms with Crippen LogP contribution in [0, 0.1) is 0 Å². The molecule has 0 aliphatic rings. The van der Waals surface area contributed by atoms with Crippen molar-refractivity contribution in [2.45, 2.75) is 26.4 Å². The molecule has 0 atom stereocenters. The van der Waals surface area contributed by atoms with Crippen molar-refractivity contribution in [3.8, 4) is 23.0 Å². The molecule has 170 valence electrons. The molecule has 1 N–H and O–H groups in total. The van der Waals surface area contributed by atoms with Crippen molar-refractivity contribution in [1.82, 2.24) is 0 Å². The summed E-state index contributed by atoms with van der Waals surface area (Å²) < 4.78 is 25.6. The van der Waals surface area contributed by atoms with E-state index in [-0.39, 0.29) is 11.3 Å². The van der Waals surface area contributed by atoms with E-state index in [4.69, 9.17) is 18.9 Å². The molecule has 0 amide bonds. The monoisotopic (exact) mass is 498 g/mol. The molecule has 0 aromatic heterocycles. The second-order valence-electron chi connectivity index (χ2n) is 7.07. The molecule has 0 unspecified atom stereocenters. The van der Waals surface area contributed by atoms with E-state index in [0.29, 0.717) is 27.3 Å². The molecule has 0 spiro atoms. The number of carbonyl (C=O) groups is 2. The molecule has 2 aromatic rings. The Kier molecular flexibility index (Phi) is 9.64. The summed E-state index contributed by atoms with van der Waals surface area (Å²) in [6.45, 7) is 5.44. The quantitative estimate of drug-likeness (QED) is 0.596. The Morgan fingerprint density at radius 2 is 1.42 bits per heavy atom. The van der Waals surface area contributed by atoms with Crippen LogP contribution in [-0.2, 0) is 9.47 Å². The van der Waals surface area contributed by atoms with Gasteiger partial charge in [-0.2, -0.15) is 0 Å². The highest BCUT2D eigenvalue weighted by Crippen LogP contribution is 2.34. The van der Waals surface area contributed by atoms with Crippen LogP contribution >= 0.6 is 15.9 Å². The van der Waals surface area contributed by atoms with E-state index in [1.807, 2.05) is 20.8 Å². The first-order valence-corrected chi connectivity index (χ1v) is 9.86. The highest BCUT2D eigenvalue weighted by atomic mass is 79.9. The zero-order valence-corrected chi connectivity index (χ0v) is 20.2. The third kappa shape index (κ3) is 7.67. The number of esters is 2. The van der Waals surface area contributed by atoms with Crippen molar-refractivity contribution >= 4 is 27.9 Å². The van der Waals surface area contributed by atoms with Gasteiger partial charge in [0.1, 0.15) is 39.7 Å². The van der Waals surface area contributed by atoms with Gasteiger partial charge < -0.3 is 28.8 Å². The van der Waals surface area contributed by atoms with Crippen molar-refractivity contribution in [2.24, 2.45) is 0 Å². The van der Waals surface area contributed by atoms with Crippen molar-refractivity contribution in [1.29, 1.82) is 0 Å². The molecule has 2 rings (SSSR count). The van der Waals surface area contributed by atoms with Gasteiger partial charge in [0.05, 0.1) is 32.9 Å². The highest BCUT2D eigenvalue weighted by Gasteiger charge is 2.23. The first-order chi connectivity index (χ1) is 14.5. The van der Waals surface area contributed by atoms with Gasteiger partial charge in [-0.05, 0) is 67.0 Å². The van der Waals surface area contributed by atoms with E-state index in [9.17, 15) is 14.7 Å². The number of benzene rings is 2. The van der Waals surface area contributed by atoms with Crippen molar-refractivity contribution in [3.05, 3.63) is 45.9 Å². The van der Waals surface area contributed by atoms with E-state index < -0.39 is 17.5 Å². The Labute approximate surface area is 190 Å². The fourth-order valence-corrected chi connectivity index (χ4v) is 2.90. The number of hydrogen-bond donors (Lipinski definition) is 1. The fraction of sp³-hybridized carbons (Fsp3) is 0.364. The summed E-state index contributed by atoms with van der Waals surface area (Å²) in [6, 6.07) is 7.68. The van der Waals surface area contributed by atoms with Crippen molar-refractivity contribution in [3.63, 3.8) is 0 Å². The predicted octanol–water partition coefficient (Wildman–Crippen LogP) is 4.61. The summed E-state index contributed by atoms with van der Waals surface area (Å²) in [6.07, 6.45) is 0. The molecule has 0 saturated carbocycles. The maximum atomic E-state index is 12.1. The van der Waals surface area contributed by atoms with Crippen molar-refractivity contribution < 1.29 is 38.4 Å². The van der Waals surface area contributed by atoms with E-state index >= 15 is 0 Å². The predicted molar refractivity (Wildman–Crippen MR) is 118 cm³/mol. The van der Waals surface area contributed by atoms with Crippen LogP contribution in [0.25, 0.3) is 0 Å². The number of halogens is 1. The molecule has 0 aliphatic heterocycles. The third-order valence-corrected chi connectivity index (χ3v) is 4.27. The zero-order valence-electron chi connectivity index (χ0n) is 18.6. The topological polar surface area (TPSA) is 101 Å². The summed E-state index contributed by atoms with van der Waals surface area (Å²) in [7, 11) is 5.77. The Morgan fingerprint density at radius 1 is 0.839 bits per heavy atom. The van der Waals surface area contributed by atoms with Gasteiger partial charge in [0.25, 0.3) is 0 Å². The summed E-state index contributed by atoms with van der Waals surface area (Å²) >= 11 is 3.33. The van der Waals surface area contributed by atoms with Crippen LogP contribution in [0.4, 0.5) is 0 Å². The zero-order chi connectivity index (χ0) is 23.8. The molecule has 0 fully saturated rings. The minimum atomic E-state index is -0.587. The van der Waals surface area contributed by atoms with Crippen LogP contribution in [0.15, 0.2) is 34.8 Å². The molecule has 8 nitrogen and oxygen atoms in total. The van der Waals surface area contributed by atoms with Crippen LogP contribution in [-0.4, -0.2) is 51.1 Å². The number of methoxy groups -OCH3 is 4. The largest absolute Gasteiger partial charge is 0.507 e. The van der Waals surface area contributed by atoms with Crippen LogP contribution in [0.1, 0.15) is 41.5 Å². The molecule has 0 heterocycles. The minimum Gasteiger partial charge on any atom is -0.507 e. The van der Waals surface area contributed by atoms with Gasteiger partial charge in [0, 0.05) is 0 Å². The summed E-state index contributed by atoms with van der Waals surface area (Å²) in [5, 5.41) is 9.28. The van der Waals surface area contributed by atoms with Gasteiger partial charge >= 0.3 is 11.9 Å². The van der Waals surface area contributed by atoms with Crippen LogP contribution in [0.5, 0.6) is 23.0 Å². The number of phenolic OH excluding ortho intramolecular Hbond substituents is 1. The fourth-order valence-electron chi connectivity index (χ4n) is 2.29. The van der Waals surface area contributed by atoms with E-state index in [2.05, 4.69) is 20.7 Å². The number of carbonyl (C=O) groups excluding carboxylic acids is 2. The average Bonchev–Trinajstić information content (AvgIpc) is 2.72. The Bertz CT molecular complexity index is 918. The maximum Gasteiger partial charge on any atom is 0.342 e. The molecule has 0 saturated heterocycles. The van der Waals surface area contributed by atoms with Gasteiger partial charge in [-0.1, -0.05) is 0 Å². The normalized spacial score (nSPS) is 10.3. The first-order valence-electron chi connectivity index (χ1n) is 9.07. The number of aromatic hydroxyl groups is 1. The molecule has 9 heteroatoms. The smallest absolute Gasteiger partial charge is 0.342 e. The molecular weight excluding hydrogens is 472 g/mol. The summed E-state index contributed by atoms with van der Waals surface area (Å²) in [5.41, 5.74) is -0.127. The number of hydrogen-bond acceptors (Lipinski definition) is 8. The van der Waals surface area contributed by atoms with Crippen LogP contribution < -0.4 is 14.2 Å². The molecular formula is C22H27BrO8. The van der Waals surface area contributed by atoms with Crippen molar-refractivity contribution in [2.75, 3.05) is 28.4 Å². The summed E-state index contributed by atoms with van der Waals surface area (Å²) in [5.74, 6) is 0.342. The first kappa shape index (κ1) is 26.1. The molecule has 2 aromatic carbocycles. The lowest BCUT2D eigenvalue weighted by atomic mass is 10.1. The van der Waals surface area contributed by atoms with Crippen LogP contribution in [0.3, 0.4) is 0 Å². The molecule has 0 aliphatic carbocycles. The lowest BCUT2D eigenvalue weighted by Crippen LogP contribution is -2.24. The van der Waals surface area contributed by atoms with E-state index in [0.717, 1.165) is 0 Å². The number of phenols is 1. The summed E-state index contributed by atoms with van der Waals surface area (Å²) in [4.78, 5) is 23.1. The molecule has 0 radical (unpaired) electrons. The highest BCUT2D eigenvalue weighted by molar-refractivity contribution is 9.10. The Balaban J connectivity index is 0.000000327. The second-order valence-corrected chi connectivity index (χ2v) is 7.92. The van der Waals surface area contributed by atoms with Crippen LogP contribution in [0.2, 0.25) is 0 Å². The molecule has 0 bridgehead atoms. The van der Waals surface area contributed by atoms with E-state index in [1.54, 1.807) is 18.2 Å². The maximum absolute atomic E-state index is 12.1. The number of ether oxygens (including phenoxy) is 5. The molecule has 31 heavy (non-hydrogen) atoms. The second kappa shape index (κ2) is 11.5. The van der Waals surface area contributed by atoms with Gasteiger partial charge in [-0.3, -0.25) is 0 Å². The third-order valence-electron chi connectivity index (χ3n) is 3.68. The Hall–Kier alpha value is -2.94. The SMILES string of the molecule is COC(=O)c1cc(OC)ccc1O.COc1cc(Br)c(OC)c(C(=O)OC(C)(C)C)c1. The average molecular weight is 499 g/mol. The van der Waals surface area contributed by atoms with E-state index in [1.165, 1.54) is 40.6 Å². The lowest BCUT2D eigenvalue weighted by Gasteiger charge is -2.21. The van der Waals surface area contributed by atoms with Gasteiger partial charge in [-0.25, -0.2) is 9.59 Å². The Morgan fingerprint density at radius 3 is 1.90 bits per heavy atom.